The lowest BCUT2D eigenvalue weighted by atomic mass is 9.98. The van der Waals surface area contributed by atoms with Crippen molar-refractivity contribution < 1.29 is 17.4 Å². The van der Waals surface area contributed by atoms with E-state index in [1.165, 1.54) is 6.26 Å². The van der Waals surface area contributed by atoms with E-state index in [0.29, 0.717) is 10.7 Å². The van der Waals surface area contributed by atoms with Gasteiger partial charge in [-0.15, -0.1) is 0 Å². The summed E-state index contributed by atoms with van der Waals surface area (Å²) in [5, 5.41) is 0. The molecular formula is C6H7BF3OS-. The minimum atomic E-state index is -4.70. The normalized spacial score (nSPS) is 12.0. The highest BCUT2D eigenvalue weighted by Crippen LogP contribution is 2.27. The van der Waals surface area contributed by atoms with Gasteiger partial charge in [-0.3, -0.25) is 0 Å². The molecule has 0 amide bonds. The molecular weight excluding hydrogens is 188 g/mol. The zero-order valence-corrected chi connectivity index (χ0v) is 7.21. The van der Waals surface area contributed by atoms with Crippen LogP contribution in [-0.4, -0.2) is 12.6 Å². The lowest BCUT2D eigenvalue weighted by Gasteiger charge is -2.11. The molecule has 0 N–H and O–H groups in total. The number of furan rings is 1. The van der Waals surface area contributed by atoms with Crippen molar-refractivity contribution in [2.24, 2.45) is 0 Å². The highest BCUT2D eigenvalue weighted by atomic mass is 32.2. The fraction of sp³-hybridized carbons (Fsp3) is 0.333. The molecule has 6 heteroatoms. The number of thioether (sulfide) groups is 1. The maximum Gasteiger partial charge on any atom is 0.488 e. The van der Waals surface area contributed by atoms with Crippen LogP contribution in [0.2, 0.25) is 0 Å². The SMILES string of the molecule is Cc1occc1SC[B-](F)(F)F. The van der Waals surface area contributed by atoms with Crippen LogP contribution in [0.15, 0.2) is 21.6 Å². The van der Waals surface area contributed by atoms with E-state index in [0.717, 1.165) is 11.8 Å². The summed E-state index contributed by atoms with van der Waals surface area (Å²) in [5.41, 5.74) is -0.805. The summed E-state index contributed by atoms with van der Waals surface area (Å²) >= 11 is 0.770. The zero-order chi connectivity index (χ0) is 9.19. The molecule has 0 spiro atoms. The smallest absolute Gasteiger partial charge is 0.468 e. The Hall–Kier alpha value is -0.515. The third-order valence-electron chi connectivity index (χ3n) is 1.24. The van der Waals surface area contributed by atoms with Crippen molar-refractivity contribution in [3.05, 3.63) is 18.1 Å². The number of hydrogen-bond acceptors (Lipinski definition) is 2. The standard InChI is InChI=1S/C6H7BF3OS/c1-5-6(2-3-11-5)12-4-7(8,9)10/h2-3H,4H2,1H3/q-1. The van der Waals surface area contributed by atoms with Crippen LogP contribution < -0.4 is 0 Å². The second-order valence-electron chi connectivity index (χ2n) is 2.36. The topological polar surface area (TPSA) is 13.1 Å². The summed E-state index contributed by atoms with van der Waals surface area (Å²) in [7, 11) is 0. The van der Waals surface area contributed by atoms with E-state index in [1.54, 1.807) is 13.0 Å². The summed E-state index contributed by atoms with van der Waals surface area (Å²) in [4.78, 5) is 0.564. The fourth-order valence-corrected chi connectivity index (χ4v) is 1.48. The van der Waals surface area contributed by atoms with Gasteiger partial charge >= 0.3 is 6.98 Å². The average Bonchev–Trinajstić information content (AvgIpc) is 2.29. The van der Waals surface area contributed by atoms with Gasteiger partial charge in [0.15, 0.2) is 0 Å². The fourth-order valence-electron chi connectivity index (χ4n) is 0.707. The van der Waals surface area contributed by atoms with Crippen LogP contribution in [0.3, 0.4) is 0 Å². The maximum absolute atomic E-state index is 11.8. The van der Waals surface area contributed by atoms with Gasteiger partial charge in [-0.05, 0) is 18.6 Å². The Morgan fingerprint density at radius 2 is 2.17 bits per heavy atom. The van der Waals surface area contributed by atoms with E-state index in [2.05, 4.69) is 0 Å². The lowest BCUT2D eigenvalue weighted by molar-refractivity contribution is 0.485. The van der Waals surface area contributed by atoms with Gasteiger partial charge < -0.3 is 17.4 Å². The molecule has 1 aromatic heterocycles. The van der Waals surface area contributed by atoms with Crippen molar-refractivity contribution in [1.82, 2.24) is 0 Å². The molecule has 1 heterocycles. The van der Waals surface area contributed by atoms with E-state index in [4.69, 9.17) is 4.42 Å². The molecule has 1 rings (SSSR count). The lowest BCUT2D eigenvalue weighted by Crippen LogP contribution is -2.18. The molecule has 0 saturated heterocycles. The first-order valence-corrected chi connectivity index (χ1v) is 4.35. The molecule has 0 aliphatic heterocycles. The minimum Gasteiger partial charge on any atom is -0.468 e. The average molecular weight is 195 g/mol. The van der Waals surface area contributed by atoms with E-state index in [1.807, 2.05) is 0 Å². The largest absolute Gasteiger partial charge is 0.488 e. The molecule has 0 aliphatic rings. The molecule has 68 valence electrons. The zero-order valence-electron chi connectivity index (χ0n) is 6.39. The number of halogens is 3. The van der Waals surface area contributed by atoms with Crippen molar-refractivity contribution in [2.45, 2.75) is 11.8 Å². The summed E-state index contributed by atoms with van der Waals surface area (Å²) in [6.07, 6.45) is 1.39. The van der Waals surface area contributed by atoms with Crippen LogP contribution in [0.4, 0.5) is 12.9 Å². The monoisotopic (exact) mass is 195 g/mol. The van der Waals surface area contributed by atoms with Gasteiger partial charge in [0.2, 0.25) is 0 Å². The van der Waals surface area contributed by atoms with Crippen LogP contribution >= 0.6 is 11.8 Å². The van der Waals surface area contributed by atoms with Crippen LogP contribution in [0, 0.1) is 6.92 Å². The van der Waals surface area contributed by atoms with Crippen molar-refractivity contribution in [3.63, 3.8) is 0 Å². The molecule has 0 aliphatic carbocycles. The number of aryl methyl sites for hydroxylation is 1. The van der Waals surface area contributed by atoms with Gasteiger partial charge in [0.25, 0.3) is 0 Å². The molecule has 0 saturated carbocycles. The van der Waals surface area contributed by atoms with Crippen LogP contribution in [0.1, 0.15) is 5.76 Å². The van der Waals surface area contributed by atoms with Gasteiger partial charge in [-0.2, -0.15) is 11.8 Å². The van der Waals surface area contributed by atoms with Crippen molar-refractivity contribution in [2.75, 3.05) is 5.65 Å². The van der Waals surface area contributed by atoms with Gasteiger partial charge in [-0.1, -0.05) is 0 Å². The summed E-state index contributed by atoms with van der Waals surface area (Å²) in [6.45, 7) is -3.06. The maximum atomic E-state index is 11.8. The molecule has 1 aromatic rings. The van der Waals surface area contributed by atoms with Crippen LogP contribution in [0.25, 0.3) is 0 Å². The van der Waals surface area contributed by atoms with Gasteiger partial charge in [0, 0.05) is 4.90 Å². The Balaban J connectivity index is 2.49. The molecule has 0 fully saturated rings. The van der Waals surface area contributed by atoms with Crippen LogP contribution in [0.5, 0.6) is 0 Å². The highest BCUT2D eigenvalue weighted by Gasteiger charge is 2.23. The van der Waals surface area contributed by atoms with E-state index >= 15 is 0 Å². The summed E-state index contributed by atoms with van der Waals surface area (Å²) in [5.74, 6) is 0.542. The highest BCUT2D eigenvalue weighted by molar-refractivity contribution is 8.00. The third kappa shape index (κ3) is 2.85. The van der Waals surface area contributed by atoms with Gasteiger partial charge in [-0.25, -0.2) is 0 Å². The number of hydrogen-bond donors (Lipinski definition) is 0. The number of rotatable bonds is 3. The minimum absolute atomic E-state index is 0.542. The Bertz CT molecular complexity index is 258. The second-order valence-corrected chi connectivity index (χ2v) is 3.42. The molecule has 0 unspecified atom stereocenters. The Morgan fingerprint density at radius 1 is 1.50 bits per heavy atom. The van der Waals surface area contributed by atoms with Crippen molar-refractivity contribution in [3.8, 4) is 0 Å². The van der Waals surface area contributed by atoms with E-state index < -0.39 is 12.6 Å². The van der Waals surface area contributed by atoms with Crippen molar-refractivity contribution in [1.29, 1.82) is 0 Å². The first-order chi connectivity index (χ1) is 5.49. The van der Waals surface area contributed by atoms with Crippen molar-refractivity contribution >= 4 is 18.7 Å². The second kappa shape index (κ2) is 3.47. The molecule has 0 bridgehead atoms. The summed E-state index contributed by atoms with van der Waals surface area (Å²) < 4.78 is 40.2. The molecule has 0 radical (unpaired) electrons. The first kappa shape index (κ1) is 9.57. The van der Waals surface area contributed by atoms with E-state index in [-0.39, 0.29) is 0 Å². The third-order valence-corrected chi connectivity index (χ3v) is 2.52. The quantitative estimate of drug-likeness (QED) is 0.543. The molecule has 0 atom stereocenters. The van der Waals surface area contributed by atoms with Gasteiger partial charge in [0.1, 0.15) is 5.76 Å². The van der Waals surface area contributed by atoms with E-state index in [9.17, 15) is 12.9 Å². The van der Waals surface area contributed by atoms with Crippen LogP contribution in [-0.2, 0) is 0 Å². The van der Waals surface area contributed by atoms with Gasteiger partial charge in [0.05, 0.1) is 6.26 Å². The molecule has 12 heavy (non-hydrogen) atoms. The Morgan fingerprint density at radius 3 is 2.58 bits per heavy atom. The Labute approximate surface area is 72.4 Å². The Kier molecular flexibility index (Phi) is 2.77. The first-order valence-electron chi connectivity index (χ1n) is 3.37. The molecule has 1 nitrogen and oxygen atoms in total. The predicted octanol–water partition coefficient (Wildman–Crippen LogP) is 3.07. The summed E-state index contributed by atoms with van der Waals surface area (Å²) in [6, 6.07) is 1.54. The molecule has 0 aromatic carbocycles. The predicted molar refractivity (Wildman–Crippen MR) is 43.2 cm³/mol.